The summed E-state index contributed by atoms with van der Waals surface area (Å²) in [5.41, 5.74) is 3.32. The second kappa shape index (κ2) is 12.0. The fraction of sp³-hybridized carbons (Fsp3) is 0.233. The van der Waals surface area contributed by atoms with Crippen molar-refractivity contribution < 1.29 is 19.8 Å². The summed E-state index contributed by atoms with van der Waals surface area (Å²) >= 11 is 1.36. The molecular formula is C30H30N6O4S. The maximum atomic E-state index is 13.4. The highest BCUT2D eigenvalue weighted by atomic mass is 32.1. The zero-order valence-electron chi connectivity index (χ0n) is 22.7. The van der Waals surface area contributed by atoms with Gasteiger partial charge in [-0.3, -0.25) is 19.3 Å². The topological polar surface area (TPSA) is 142 Å². The zero-order valence-corrected chi connectivity index (χ0v) is 23.5. The number of nitrogens with one attached hydrogen (secondary N) is 2. The second-order valence-corrected chi connectivity index (χ2v) is 11.1. The Morgan fingerprint density at radius 2 is 1.90 bits per heavy atom. The van der Waals surface area contributed by atoms with Crippen molar-refractivity contribution in [2.24, 2.45) is 0 Å². The number of aromatic nitrogens is 4. The molecule has 0 spiro atoms. The number of carbonyl (C=O) groups excluding carboxylic acids is 2. The minimum atomic E-state index is -0.832. The van der Waals surface area contributed by atoms with Gasteiger partial charge in [0.1, 0.15) is 10.7 Å². The third-order valence-electron chi connectivity index (χ3n) is 6.37. The van der Waals surface area contributed by atoms with E-state index in [-0.39, 0.29) is 30.7 Å². The third-order valence-corrected chi connectivity index (χ3v) is 7.26. The van der Waals surface area contributed by atoms with E-state index in [0.717, 1.165) is 10.9 Å². The van der Waals surface area contributed by atoms with Crippen LogP contribution in [-0.2, 0) is 6.54 Å². The Hall–Kier alpha value is -4.45. The molecule has 0 aliphatic carbocycles. The van der Waals surface area contributed by atoms with E-state index in [4.69, 9.17) is 5.11 Å². The smallest absolute Gasteiger partial charge is 0.275 e. The summed E-state index contributed by atoms with van der Waals surface area (Å²) < 4.78 is 1.78. The number of benzene rings is 2. The molecule has 0 radical (unpaired) electrons. The summed E-state index contributed by atoms with van der Waals surface area (Å²) in [6, 6.07) is 14.5. The van der Waals surface area contributed by atoms with Crippen molar-refractivity contribution in [1.29, 1.82) is 0 Å². The number of anilines is 1. The Morgan fingerprint density at radius 3 is 2.66 bits per heavy atom. The standard InChI is InChI=1S/C30H30N6O4S/c1-30(2,40)8-11-36-17-22-14-25(33-28(39)26-18-41-29(34-26)21-7-4-9-31-16-21)23(15-24(22)35-36)19-5-3-6-20(13-19)27(38)32-10-12-37/h3-7,9,13-18,37,40H,8,10-12H2,1-2H3,(H,32,38)(H,33,39). The van der Waals surface area contributed by atoms with Crippen LogP contribution in [0.3, 0.4) is 0 Å². The van der Waals surface area contributed by atoms with Crippen LogP contribution < -0.4 is 10.6 Å². The maximum Gasteiger partial charge on any atom is 0.275 e. The van der Waals surface area contributed by atoms with E-state index in [2.05, 4.69) is 25.7 Å². The first-order chi connectivity index (χ1) is 19.7. The molecule has 0 aliphatic rings. The van der Waals surface area contributed by atoms with Crippen LogP contribution in [0.5, 0.6) is 0 Å². The molecule has 0 saturated heterocycles. The van der Waals surface area contributed by atoms with Crippen molar-refractivity contribution in [3.05, 3.63) is 83.8 Å². The molecule has 0 atom stereocenters. The van der Waals surface area contributed by atoms with Gasteiger partial charge in [0.2, 0.25) is 0 Å². The Balaban J connectivity index is 1.51. The summed E-state index contributed by atoms with van der Waals surface area (Å²) in [6.07, 6.45) is 5.78. The van der Waals surface area contributed by atoms with Crippen molar-refractivity contribution in [3.8, 4) is 21.7 Å². The van der Waals surface area contributed by atoms with Gasteiger partial charge in [0.25, 0.3) is 11.8 Å². The number of aryl methyl sites for hydroxylation is 1. The Kier molecular flexibility index (Phi) is 8.20. The van der Waals surface area contributed by atoms with E-state index >= 15 is 0 Å². The average Bonchev–Trinajstić information content (AvgIpc) is 3.62. The predicted octanol–water partition coefficient (Wildman–Crippen LogP) is 4.36. The van der Waals surface area contributed by atoms with Crippen molar-refractivity contribution >= 4 is 39.7 Å². The number of amides is 2. The van der Waals surface area contributed by atoms with Crippen LogP contribution in [0.15, 0.2) is 72.5 Å². The highest BCUT2D eigenvalue weighted by Crippen LogP contribution is 2.34. The molecule has 0 aliphatic heterocycles. The summed E-state index contributed by atoms with van der Waals surface area (Å²) in [5, 5.41) is 32.8. The molecule has 2 aromatic carbocycles. The lowest BCUT2D eigenvalue weighted by molar-refractivity contribution is 0.0651. The van der Waals surface area contributed by atoms with Gasteiger partial charge in [-0.15, -0.1) is 11.3 Å². The number of hydrogen-bond acceptors (Lipinski definition) is 8. The van der Waals surface area contributed by atoms with Crippen LogP contribution in [0.2, 0.25) is 0 Å². The number of nitrogens with zero attached hydrogens (tertiary/aromatic N) is 4. The molecule has 5 rings (SSSR count). The van der Waals surface area contributed by atoms with Gasteiger partial charge in [0, 0.05) is 64.8 Å². The van der Waals surface area contributed by atoms with Gasteiger partial charge < -0.3 is 20.8 Å². The third kappa shape index (κ3) is 6.83. The molecule has 0 fully saturated rings. The first-order valence-electron chi connectivity index (χ1n) is 13.1. The number of aliphatic hydroxyl groups excluding tert-OH is 1. The average molecular weight is 571 g/mol. The number of fused-ring (bicyclic) bond motifs is 1. The van der Waals surface area contributed by atoms with Crippen LogP contribution in [-0.4, -0.2) is 60.5 Å². The normalized spacial score (nSPS) is 11.5. The molecule has 3 aromatic heterocycles. The van der Waals surface area contributed by atoms with Gasteiger partial charge in [-0.25, -0.2) is 4.98 Å². The SMILES string of the molecule is CC(C)(O)CCn1cc2cc(NC(=O)c3csc(-c4cccnc4)n3)c(-c3cccc(C(=O)NCCO)c3)cc2n1. The van der Waals surface area contributed by atoms with E-state index in [1.807, 2.05) is 36.5 Å². The molecule has 210 valence electrons. The van der Waals surface area contributed by atoms with Crippen molar-refractivity contribution in [2.75, 3.05) is 18.5 Å². The van der Waals surface area contributed by atoms with Gasteiger partial charge in [0.15, 0.2) is 0 Å². The lowest BCUT2D eigenvalue weighted by atomic mass is 9.99. The van der Waals surface area contributed by atoms with E-state index in [1.165, 1.54) is 11.3 Å². The fourth-order valence-corrected chi connectivity index (χ4v) is 5.04. The predicted molar refractivity (Wildman–Crippen MR) is 159 cm³/mol. The molecule has 0 unspecified atom stereocenters. The Bertz CT molecular complexity index is 1690. The van der Waals surface area contributed by atoms with Crippen molar-refractivity contribution in [1.82, 2.24) is 25.1 Å². The number of aliphatic hydroxyl groups is 2. The summed E-state index contributed by atoms with van der Waals surface area (Å²) in [5.74, 6) is -0.683. The number of pyridine rings is 1. The lowest BCUT2D eigenvalue weighted by Crippen LogP contribution is -2.26. The van der Waals surface area contributed by atoms with E-state index in [0.29, 0.717) is 45.9 Å². The summed E-state index contributed by atoms with van der Waals surface area (Å²) in [4.78, 5) is 34.6. The van der Waals surface area contributed by atoms with Gasteiger partial charge in [-0.05, 0) is 62.2 Å². The van der Waals surface area contributed by atoms with Crippen LogP contribution in [0, 0.1) is 0 Å². The van der Waals surface area contributed by atoms with Gasteiger partial charge >= 0.3 is 0 Å². The highest BCUT2D eigenvalue weighted by Gasteiger charge is 2.18. The monoisotopic (exact) mass is 570 g/mol. The first-order valence-corrected chi connectivity index (χ1v) is 14.0. The molecule has 5 aromatic rings. The van der Waals surface area contributed by atoms with Gasteiger partial charge in [0.05, 0.1) is 17.7 Å². The summed E-state index contributed by atoms with van der Waals surface area (Å²) in [6.45, 7) is 4.01. The van der Waals surface area contributed by atoms with Crippen LogP contribution in [0.4, 0.5) is 5.69 Å². The molecule has 10 nitrogen and oxygen atoms in total. The van der Waals surface area contributed by atoms with Gasteiger partial charge in [-0.2, -0.15) is 5.10 Å². The second-order valence-electron chi connectivity index (χ2n) is 10.2. The summed E-state index contributed by atoms with van der Waals surface area (Å²) in [7, 11) is 0. The largest absolute Gasteiger partial charge is 0.395 e. The molecule has 0 bridgehead atoms. The number of carbonyl (C=O) groups is 2. The van der Waals surface area contributed by atoms with Crippen molar-refractivity contribution in [2.45, 2.75) is 32.4 Å². The van der Waals surface area contributed by atoms with Crippen LogP contribution in [0.25, 0.3) is 32.6 Å². The van der Waals surface area contributed by atoms with Crippen molar-refractivity contribution in [3.63, 3.8) is 0 Å². The number of hydrogen-bond donors (Lipinski definition) is 4. The number of thiazole rings is 1. The first kappa shape index (κ1) is 28.1. The van der Waals surface area contributed by atoms with Crippen LogP contribution >= 0.6 is 11.3 Å². The zero-order chi connectivity index (χ0) is 29.0. The van der Waals surface area contributed by atoms with E-state index in [1.54, 1.807) is 54.5 Å². The quantitative estimate of drug-likeness (QED) is 0.195. The lowest BCUT2D eigenvalue weighted by Gasteiger charge is -2.16. The van der Waals surface area contributed by atoms with Crippen LogP contribution in [0.1, 0.15) is 41.1 Å². The molecule has 0 saturated carbocycles. The molecular weight excluding hydrogens is 540 g/mol. The van der Waals surface area contributed by atoms with E-state index in [9.17, 15) is 14.7 Å². The van der Waals surface area contributed by atoms with Gasteiger partial charge in [-0.1, -0.05) is 12.1 Å². The molecule has 3 heterocycles. The van der Waals surface area contributed by atoms with E-state index < -0.39 is 5.60 Å². The molecule has 41 heavy (non-hydrogen) atoms. The Labute approximate surface area is 240 Å². The molecule has 4 N–H and O–H groups in total. The maximum absolute atomic E-state index is 13.4. The number of rotatable bonds is 10. The molecule has 11 heteroatoms. The fourth-order valence-electron chi connectivity index (χ4n) is 4.25. The minimum Gasteiger partial charge on any atom is -0.395 e. The highest BCUT2D eigenvalue weighted by molar-refractivity contribution is 7.13. The minimum absolute atomic E-state index is 0.146. The molecule has 2 amide bonds. The Morgan fingerprint density at radius 1 is 1.07 bits per heavy atom.